The summed E-state index contributed by atoms with van der Waals surface area (Å²) in [6.07, 6.45) is 0. The molecule has 0 unspecified atom stereocenters. The normalized spacial score (nSPS) is 10.0. The first-order chi connectivity index (χ1) is 11.3. The number of aryl methyl sites for hydroxylation is 4. The highest BCUT2D eigenvalue weighted by Crippen LogP contribution is 2.14. The van der Waals surface area contributed by atoms with Gasteiger partial charge in [-0.3, -0.25) is 10.9 Å². The first-order valence-electron chi connectivity index (χ1n) is 7.62. The van der Waals surface area contributed by atoms with E-state index in [-0.39, 0.29) is 0 Å². The Balaban J connectivity index is 1.85. The second-order valence-electron chi connectivity index (χ2n) is 5.91. The van der Waals surface area contributed by atoms with Gasteiger partial charge in [0.1, 0.15) is 0 Å². The van der Waals surface area contributed by atoms with Crippen LogP contribution in [0.5, 0.6) is 0 Å². The van der Waals surface area contributed by atoms with Crippen molar-refractivity contribution in [1.29, 1.82) is 0 Å². The summed E-state index contributed by atoms with van der Waals surface area (Å²) in [4.78, 5) is 0. The predicted octanol–water partition coefficient (Wildman–Crippen LogP) is 4.11. The highest BCUT2D eigenvalue weighted by atomic mass is 32.1. The van der Waals surface area contributed by atoms with Crippen LogP contribution in [0.1, 0.15) is 22.3 Å². The van der Waals surface area contributed by atoms with Gasteiger partial charge in [-0.15, -0.1) is 0 Å². The predicted molar refractivity (Wildman–Crippen MR) is 111 cm³/mol. The fourth-order valence-electron chi connectivity index (χ4n) is 2.53. The summed E-state index contributed by atoms with van der Waals surface area (Å²) in [5, 5.41) is 7.16. The standard InChI is InChI=1S/C18H22N4S2/c1-11-5-12(2)8-15(7-11)19-17(23)21-22-18(24)20-16-9-13(3)6-14(4)10-16/h5-10H,1-4H3,(H2,19,21,23)(H2,20,22,24). The van der Waals surface area contributed by atoms with Gasteiger partial charge in [-0.25, -0.2) is 0 Å². The molecular formula is C18H22N4S2. The molecule has 0 atom stereocenters. The van der Waals surface area contributed by atoms with Crippen LogP contribution in [-0.2, 0) is 0 Å². The number of benzene rings is 2. The van der Waals surface area contributed by atoms with Gasteiger partial charge in [-0.2, -0.15) is 0 Å². The SMILES string of the molecule is Cc1cc(C)cc(NC(=S)NNC(=S)Nc2cc(C)cc(C)c2)c1. The molecule has 0 amide bonds. The zero-order chi connectivity index (χ0) is 17.7. The van der Waals surface area contributed by atoms with Gasteiger partial charge in [0.05, 0.1) is 0 Å². The summed E-state index contributed by atoms with van der Waals surface area (Å²) >= 11 is 10.6. The van der Waals surface area contributed by atoms with Crippen molar-refractivity contribution in [1.82, 2.24) is 10.9 Å². The number of hydrazine groups is 1. The van der Waals surface area contributed by atoms with Gasteiger partial charge in [0.25, 0.3) is 0 Å². The van der Waals surface area contributed by atoms with Crippen LogP contribution in [0.15, 0.2) is 36.4 Å². The Morgan fingerprint density at radius 3 is 1.17 bits per heavy atom. The van der Waals surface area contributed by atoms with Crippen LogP contribution >= 0.6 is 24.4 Å². The second kappa shape index (κ2) is 8.08. The molecule has 0 heterocycles. The Bertz CT molecular complexity index is 666. The van der Waals surface area contributed by atoms with Crippen molar-refractivity contribution in [2.24, 2.45) is 0 Å². The monoisotopic (exact) mass is 358 g/mol. The lowest BCUT2D eigenvalue weighted by Crippen LogP contribution is -2.45. The molecule has 24 heavy (non-hydrogen) atoms. The van der Waals surface area contributed by atoms with Gasteiger partial charge in [-0.1, -0.05) is 12.1 Å². The molecule has 0 radical (unpaired) electrons. The van der Waals surface area contributed by atoms with Gasteiger partial charge in [-0.05, 0) is 98.6 Å². The van der Waals surface area contributed by atoms with Crippen molar-refractivity contribution in [3.05, 3.63) is 58.7 Å². The largest absolute Gasteiger partial charge is 0.331 e. The molecule has 0 spiro atoms. The lowest BCUT2D eigenvalue weighted by molar-refractivity contribution is 0.885. The van der Waals surface area contributed by atoms with E-state index in [1.54, 1.807) is 0 Å². The van der Waals surface area contributed by atoms with Crippen LogP contribution < -0.4 is 21.5 Å². The number of rotatable bonds is 2. The van der Waals surface area contributed by atoms with Crippen LogP contribution in [-0.4, -0.2) is 10.2 Å². The first-order valence-corrected chi connectivity index (χ1v) is 8.44. The van der Waals surface area contributed by atoms with E-state index in [0.29, 0.717) is 10.2 Å². The van der Waals surface area contributed by atoms with E-state index in [0.717, 1.165) is 11.4 Å². The summed E-state index contributed by atoms with van der Waals surface area (Å²) in [6, 6.07) is 12.4. The minimum Gasteiger partial charge on any atom is -0.331 e. The average Bonchev–Trinajstić information content (AvgIpc) is 2.42. The Morgan fingerprint density at radius 2 is 0.875 bits per heavy atom. The quantitative estimate of drug-likeness (QED) is 0.479. The molecule has 0 saturated carbocycles. The molecule has 2 rings (SSSR count). The molecular weight excluding hydrogens is 336 g/mol. The van der Waals surface area contributed by atoms with Gasteiger partial charge in [0, 0.05) is 11.4 Å². The molecule has 0 aliphatic rings. The number of hydrogen-bond donors (Lipinski definition) is 4. The second-order valence-corrected chi connectivity index (χ2v) is 6.73. The first kappa shape index (κ1) is 18.2. The summed E-state index contributed by atoms with van der Waals surface area (Å²) in [7, 11) is 0. The minimum absolute atomic E-state index is 0.449. The van der Waals surface area contributed by atoms with E-state index in [1.807, 2.05) is 24.3 Å². The van der Waals surface area contributed by atoms with Gasteiger partial charge >= 0.3 is 0 Å². The molecule has 126 valence electrons. The molecule has 0 saturated heterocycles. The molecule has 4 nitrogen and oxygen atoms in total. The fraction of sp³-hybridized carbons (Fsp3) is 0.222. The van der Waals surface area contributed by atoms with Gasteiger partial charge in [0.2, 0.25) is 0 Å². The van der Waals surface area contributed by atoms with Crippen LogP contribution in [0, 0.1) is 27.7 Å². The molecule has 6 heteroatoms. The zero-order valence-electron chi connectivity index (χ0n) is 14.3. The van der Waals surface area contributed by atoms with Crippen LogP contribution in [0.3, 0.4) is 0 Å². The average molecular weight is 359 g/mol. The van der Waals surface area contributed by atoms with Crippen molar-refractivity contribution in [2.45, 2.75) is 27.7 Å². The molecule has 0 aliphatic carbocycles. The molecule has 0 fully saturated rings. The highest BCUT2D eigenvalue weighted by molar-refractivity contribution is 7.81. The van der Waals surface area contributed by atoms with Crippen LogP contribution in [0.2, 0.25) is 0 Å². The molecule has 4 N–H and O–H groups in total. The zero-order valence-corrected chi connectivity index (χ0v) is 15.9. The summed E-state index contributed by atoms with van der Waals surface area (Å²) in [6.45, 7) is 8.21. The Hall–Kier alpha value is -2.18. The fourth-order valence-corrected chi connectivity index (χ4v) is 2.87. The van der Waals surface area contributed by atoms with E-state index in [1.165, 1.54) is 22.3 Å². The summed E-state index contributed by atoms with van der Waals surface area (Å²) < 4.78 is 0. The van der Waals surface area contributed by atoms with E-state index in [4.69, 9.17) is 24.4 Å². The van der Waals surface area contributed by atoms with Gasteiger partial charge in [0.15, 0.2) is 10.2 Å². The topological polar surface area (TPSA) is 48.1 Å². The summed E-state index contributed by atoms with van der Waals surface area (Å²) in [5.41, 5.74) is 12.4. The molecule has 2 aromatic carbocycles. The highest BCUT2D eigenvalue weighted by Gasteiger charge is 2.02. The Morgan fingerprint density at radius 1 is 0.583 bits per heavy atom. The van der Waals surface area contributed by atoms with Gasteiger partial charge < -0.3 is 10.6 Å². The van der Waals surface area contributed by atoms with Crippen LogP contribution in [0.4, 0.5) is 11.4 Å². The third kappa shape index (κ3) is 5.79. The summed E-state index contributed by atoms with van der Waals surface area (Å²) in [5.74, 6) is 0. The third-order valence-electron chi connectivity index (χ3n) is 3.25. The Labute approximate surface area is 154 Å². The molecule has 0 aliphatic heterocycles. The van der Waals surface area contributed by atoms with E-state index in [2.05, 4.69) is 61.3 Å². The molecule has 0 bridgehead atoms. The van der Waals surface area contributed by atoms with E-state index >= 15 is 0 Å². The maximum Gasteiger partial charge on any atom is 0.189 e. The number of hydrogen-bond acceptors (Lipinski definition) is 2. The smallest absolute Gasteiger partial charge is 0.189 e. The molecule has 0 aromatic heterocycles. The van der Waals surface area contributed by atoms with Crippen molar-refractivity contribution in [2.75, 3.05) is 10.6 Å². The maximum absolute atomic E-state index is 5.28. The lowest BCUT2D eigenvalue weighted by Gasteiger charge is -2.15. The van der Waals surface area contributed by atoms with Crippen molar-refractivity contribution < 1.29 is 0 Å². The molecule has 2 aromatic rings. The number of thiocarbonyl (C=S) groups is 2. The van der Waals surface area contributed by atoms with Crippen molar-refractivity contribution in [3.63, 3.8) is 0 Å². The lowest BCUT2D eigenvalue weighted by atomic mass is 10.1. The number of nitrogens with one attached hydrogen (secondary N) is 4. The maximum atomic E-state index is 5.28. The van der Waals surface area contributed by atoms with E-state index in [9.17, 15) is 0 Å². The van der Waals surface area contributed by atoms with Crippen molar-refractivity contribution in [3.8, 4) is 0 Å². The third-order valence-corrected chi connectivity index (χ3v) is 3.66. The number of anilines is 2. The van der Waals surface area contributed by atoms with Crippen LogP contribution in [0.25, 0.3) is 0 Å². The minimum atomic E-state index is 0.449. The van der Waals surface area contributed by atoms with Crippen molar-refractivity contribution >= 4 is 46.0 Å². The van der Waals surface area contributed by atoms with E-state index < -0.39 is 0 Å². The Kier molecular flexibility index (Phi) is 6.11.